The lowest BCUT2D eigenvalue weighted by Crippen LogP contribution is -2.01. The molecule has 0 unspecified atom stereocenters. The SMILES string of the molecule is O=[N+]([O-])c1cccc(COc2c(F)cc(CCl)cc2F)c1. The Kier molecular flexibility index (Phi) is 4.70. The third-order valence-corrected chi connectivity index (χ3v) is 3.03. The molecule has 21 heavy (non-hydrogen) atoms. The molecule has 0 aliphatic heterocycles. The number of hydrogen-bond acceptors (Lipinski definition) is 3. The Labute approximate surface area is 124 Å². The van der Waals surface area contributed by atoms with Crippen molar-refractivity contribution in [2.75, 3.05) is 0 Å². The van der Waals surface area contributed by atoms with Crippen LogP contribution in [0, 0.1) is 21.7 Å². The van der Waals surface area contributed by atoms with E-state index in [1.165, 1.54) is 18.2 Å². The summed E-state index contributed by atoms with van der Waals surface area (Å²) in [6, 6.07) is 7.80. The van der Waals surface area contributed by atoms with Gasteiger partial charge in [-0.05, 0) is 23.3 Å². The highest BCUT2D eigenvalue weighted by Gasteiger charge is 2.13. The normalized spacial score (nSPS) is 10.4. The van der Waals surface area contributed by atoms with Crippen LogP contribution in [0.4, 0.5) is 14.5 Å². The van der Waals surface area contributed by atoms with Crippen LogP contribution in [-0.4, -0.2) is 4.92 Å². The Balaban J connectivity index is 2.17. The molecule has 0 aromatic heterocycles. The first-order chi connectivity index (χ1) is 10.0. The Hall–Kier alpha value is -2.21. The third-order valence-electron chi connectivity index (χ3n) is 2.72. The molecule has 0 bridgehead atoms. The molecule has 4 nitrogen and oxygen atoms in total. The Morgan fingerprint density at radius 3 is 2.38 bits per heavy atom. The summed E-state index contributed by atoms with van der Waals surface area (Å²) in [7, 11) is 0. The van der Waals surface area contributed by atoms with E-state index in [1.807, 2.05) is 0 Å². The van der Waals surface area contributed by atoms with Crippen molar-refractivity contribution in [2.24, 2.45) is 0 Å². The maximum Gasteiger partial charge on any atom is 0.269 e. The highest BCUT2D eigenvalue weighted by Crippen LogP contribution is 2.25. The number of nitrogens with zero attached hydrogens (tertiary/aromatic N) is 1. The number of benzene rings is 2. The first-order valence-corrected chi connectivity index (χ1v) is 6.44. The van der Waals surface area contributed by atoms with Crippen LogP contribution in [0.1, 0.15) is 11.1 Å². The second kappa shape index (κ2) is 6.49. The predicted octanol–water partition coefficient (Wildman–Crippen LogP) is 4.19. The zero-order chi connectivity index (χ0) is 15.4. The molecule has 0 amide bonds. The van der Waals surface area contributed by atoms with Crippen molar-refractivity contribution in [3.05, 3.63) is 69.3 Å². The summed E-state index contributed by atoms with van der Waals surface area (Å²) < 4.78 is 32.4. The molecule has 2 aromatic carbocycles. The van der Waals surface area contributed by atoms with Gasteiger partial charge in [0.15, 0.2) is 17.4 Å². The molecule has 0 spiro atoms. The minimum Gasteiger partial charge on any atom is -0.483 e. The molecule has 0 saturated heterocycles. The van der Waals surface area contributed by atoms with Gasteiger partial charge in [-0.2, -0.15) is 0 Å². The molecule has 0 N–H and O–H groups in total. The molecule has 0 radical (unpaired) electrons. The molecule has 7 heteroatoms. The molecule has 2 aromatic rings. The van der Waals surface area contributed by atoms with E-state index >= 15 is 0 Å². The first kappa shape index (κ1) is 15.2. The molecule has 0 saturated carbocycles. The van der Waals surface area contributed by atoms with Crippen LogP contribution in [0.25, 0.3) is 0 Å². The van der Waals surface area contributed by atoms with E-state index in [0.717, 1.165) is 12.1 Å². The van der Waals surface area contributed by atoms with Crippen LogP contribution in [0.3, 0.4) is 0 Å². The second-order valence-corrected chi connectivity index (χ2v) is 4.51. The Morgan fingerprint density at radius 2 is 1.81 bits per heavy atom. The molecule has 0 fully saturated rings. The second-order valence-electron chi connectivity index (χ2n) is 4.24. The highest BCUT2D eigenvalue weighted by atomic mass is 35.5. The largest absolute Gasteiger partial charge is 0.483 e. The van der Waals surface area contributed by atoms with Gasteiger partial charge in [0.1, 0.15) is 6.61 Å². The van der Waals surface area contributed by atoms with Crippen molar-refractivity contribution in [1.82, 2.24) is 0 Å². The lowest BCUT2D eigenvalue weighted by Gasteiger charge is -2.09. The van der Waals surface area contributed by atoms with E-state index < -0.39 is 22.3 Å². The molecular formula is C14H10ClF2NO3. The van der Waals surface area contributed by atoms with E-state index in [-0.39, 0.29) is 18.2 Å². The first-order valence-electron chi connectivity index (χ1n) is 5.91. The summed E-state index contributed by atoms with van der Waals surface area (Å²) in [5.74, 6) is -2.28. The van der Waals surface area contributed by atoms with Crippen LogP contribution in [-0.2, 0) is 12.5 Å². The summed E-state index contributed by atoms with van der Waals surface area (Å²) in [6.45, 7) is -0.185. The fourth-order valence-electron chi connectivity index (χ4n) is 1.74. The maximum absolute atomic E-state index is 13.7. The molecule has 2 rings (SSSR count). The van der Waals surface area contributed by atoms with E-state index in [1.54, 1.807) is 6.07 Å². The van der Waals surface area contributed by atoms with Crippen molar-refractivity contribution in [3.8, 4) is 5.75 Å². The van der Waals surface area contributed by atoms with Gasteiger partial charge in [-0.1, -0.05) is 12.1 Å². The monoisotopic (exact) mass is 313 g/mol. The van der Waals surface area contributed by atoms with Crippen molar-refractivity contribution in [1.29, 1.82) is 0 Å². The molecule has 0 aliphatic rings. The summed E-state index contributed by atoms with van der Waals surface area (Å²) in [5.41, 5.74) is 0.619. The van der Waals surface area contributed by atoms with E-state index in [9.17, 15) is 18.9 Å². The minimum atomic E-state index is -0.865. The van der Waals surface area contributed by atoms with Crippen LogP contribution < -0.4 is 4.74 Å². The number of rotatable bonds is 5. The summed E-state index contributed by atoms with van der Waals surface area (Å²) in [6.07, 6.45) is 0. The molecule has 0 atom stereocenters. The number of ether oxygens (including phenoxy) is 1. The quantitative estimate of drug-likeness (QED) is 0.472. The van der Waals surface area contributed by atoms with E-state index in [0.29, 0.717) is 11.1 Å². The van der Waals surface area contributed by atoms with Crippen molar-refractivity contribution in [2.45, 2.75) is 12.5 Å². The van der Waals surface area contributed by atoms with Gasteiger partial charge in [-0.3, -0.25) is 10.1 Å². The number of nitro groups is 1. The summed E-state index contributed by atoms with van der Waals surface area (Å²) in [4.78, 5) is 10.1. The van der Waals surface area contributed by atoms with Gasteiger partial charge in [0.05, 0.1) is 4.92 Å². The minimum absolute atomic E-state index is 0.0149. The fraction of sp³-hybridized carbons (Fsp3) is 0.143. The van der Waals surface area contributed by atoms with Crippen molar-refractivity contribution in [3.63, 3.8) is 0 Å². The van der Waals surface area contributed by atoms with Gasteiger partial charge in [0.2, 0.25) is 0 Å². The smallest absolute Gasteiger partial charge is 0.269 e. The van der Waals surface area contributed by atoms with Gasteiger partial charge in [0.25, 0.3) is 5.69 Å². The van der Waals surface area contributed by atoms with Gasteiger partial charge < -0.3 is 4.74 Å². The van der Waals surface area contributed by atoms with Gasteiger partial charge >= 0.3 is 0 Å². The predicted molar refractivity (Wildman–Crippen MR) is 73.3 cm³/mol. The number of halogens is 3. The van der Waals surface area contributed by atoms with Crippen LogP contribution in [0.5, 0.6) is 5.75 Å². The van der Waals surface area contributed by atoms with Crippen LogP contribution in [0.2, 0.25) is 0 Å². The zero-order valence-electron chi connectivity index (χ0n) is 10.7. The van der Waals surface area contributed by atoms with Gasteiger partial charge in [-0.25, -0.2) is 8.78 Å². The zero-order valence-corrected chi connectivity index (χ0v) is 11.4. The lowest BCUT2D eigenvalue weighted by atomic mass is 10.2. The Bertz CT molecular complexity index is 656. The average molecular weight is 314 g/mol. The average Bonchev–Trinajstić information content (AvgIpc) is 2.46. The molecule has 0 aliphatic carbocycles. The van der Waals surface area contributed by atoms with Crippen molar-refractivity contribution >= 4 is 17.3 Å². The standard InChI is InChI=1S/C14H10ClF2NO3/c15-7-10-5-12(16)14(13(17)6-10)21-8-9-2-1-3-11(4-9)18(19)20/h1-6H,7-8H2. The number of non-ortho nitro benzene ring substituents is 1. The molecule has 0 heterocycles. The van der Waals surface area contributed by atoms with E-state index in [2.05, 4.69) is 0 Å². The maximum atomic E-state index is 13.7. The highest BCUT2D eigenvalue weighted by molar-refractivity contribution is 6.17. The van der Waals surface area contributed by atoms with Gasteiger partial charge in [0, 0.05) is 18.0 Å². The van der Waals surface area contributed by atoms with Crippen LogP contribution >= 0.6 is 11.6 Å². The van der Waals surface area contributed by atoms with Gasteiger partial charge in [-0.15, -0.1) is 11.6 Å². The topological polar surface area (TPSA) is 52.4 Å². The third kappa shape index (κ3) is 3.66. The summed E-state index contributed by atoms with van der Waals surface area (Å²) in [5, 5.41) is 10.6. The number of hydrogen-bond donors (Lipinski definition) is 0. The Morgan fingerprint density at radius 1 is 1.14 bits per heavy atom. The fourth-order valence-corrected chi connectivity index (χ4v) is 1.90. The number of alkyl halides is 1. The molecule has 110 valence electrons. The van der Waals surface area contributed by atoms with E-state index in [4.69, 9.17) is 16.3 Å². The summed E-state index contributed by atoms with van der Waals surface area (Å²) >= 11 is 5.51. The van der Waals surface area contributed by atoms with Crippen molar-refractivity contribution < 1.29 is 18.4 Å². The molecular weight excluding hydrogens is 304 g/mol. The number of nitro benzene ring substituents is 1. The lowest BCUT2D eigenvalue weighted by molar-refractivity contribution is -0.384. The van der Waals surface area contributed by atoms with Crippen LogP contribution in [0.15, 0.2) is 36.4 Å².